The van der Waals surface area contributed by atoms with Gasteiger partial charge in [-0.1, -0.05) is 48.5 Å². The quantitative estimate of drug-likeness (QED) is 0.301. The predicted molar refractivity (Wildman–Crippen MR) is 171 cm³/mol. The zero-order valence-electron chi connectivity index (χ0n) is 26.6. The summed E-state index contributed by atoms with van der Waals surface area (Å²) in [7, 11) is -5.11. The average Bonchev–Trinajstić information content (AvgIpc) is 3.29. The molecule has 0 radical (unpaired) electrons. The first kappa shape index (κ1) is 32.4. The summed E-state index contributed by atoms with van der Waals surface area (Å²) in [5.41, 5.74) is 5.55. The van der Waals surface area contributed by atoms with Gasteiger partial charge in [0.1, 0.15) is 17.1 Å². The molecule has 3 aromatic rings. The maximum absolute atomic E-state index is 14.7. The molecule has 11 heteroatoms. The van der Waals surface area contributed by atoms with Gasteiger partial charge in [0.2, 0.25) is 0 Å². The van der Waals surface area contributed by atoms with Crippen molar-refractivity contribution in [3.8, 4) is 11.1 Å². The minimum Gasteiger partial charge on any atom is -0.448 e. The van der Waals surface area contributed by atoms with Gasteiger partial charge in [-0.05, 0) is 86.1 Å². The van der Waals surface area contributed by atoms with Crippen molar-refractivity contribution < 1.29 is 31.4 Å². The summed E-state index contributed by atoms with van der Waals surface area (Å²) in [6, 6.07) is 16.0. The Morgan fingerprint density at radius 2 is 1.44 bits per heavy atom. The van der Waals surface area contributed by atoms with E-state index in [0.717, 1.165) is 22.3 Å². The number of hydrogen-bond acceptors (Lipinski definition) is 7. The Labute approximate surface area is 264 Å². The van der Waals surface area contributed by atoms with Crippen LogP contribution in [0.2, 0.25) is 0 Å². The van der Waals surface area contributed by atoms with Crippen LogP contribution in [0.5, 0.6) is 0 Å². The van der Waals surface area contributed by atoms with Gasteiger partial charge in [-0.3, -0.25) is 10.2 Å². The normalized spacial score (nSPS) is 15.4. The fourth-order valence-electron chi connectivity index (χ4n) is 6.41. The van der Waals surface area contributed by atoms with E-state index in [1.165, 1.54) is 6.92 Å². The van der Waals surface area contributed by atoms with E-state index in [1.54, 1.807) is 18.7 Å². The molecule has 0 spiro atoms. The number of amides is 2. The van der Waals surface area contributed by atoms with Crippen molar-refractivity contribution in [3.63, 3.8) is 0 Å². The fraction of sp³-hybridized carbons (Fsp3) is 0.412. The van der Waals surface area contributed by atoms with E-state index >= 15 is 0 Å². The second kappa shape index (κ2) is 12.4. The highest BCUT2D eigenvalue weighted by atomic mass is 32.3. The van der Waals surface area contributed by atoms with Crippen LogP contribution in [-0.4, -0.2) is 68.8 Å². The number of anilines is 1. The molecule has 1 saturated heterocycles. The number of ether oxygens (including phenoxy) is 2. The fourth-order valence-corrected chi connectivity index (χ4v) is 7.37. The van der Waals surface area contributed by atoms with Crippen molar-refractivity contribution in [1.82, 2.24) is 9.80 Å². The van der Waals surface area contributed by atoms with Crippen molar-refractivity contribution in [2.24, 2.45) is 0 Å². The Morgan fingerprint density at radius 3 is 1.98 bits per heavy atom. The second-order valence-electron chi connectivity index (χ2n) is 12.7. The first-order valence-electron chi connectivity index (χ1n) is 15.0. The minimum absolute atomic E-state index is 0.0763. The lowest BCUT2D eigenvalue weighted by atomic mass is 9.96. The van der Waals surface area contributed by atoms with Crippen LogP contribution in [0.25, 0.3) is 11.1 Å². The molecule has 0 saturated carbocycles. The van der Waals surface area contributed by atoms with E-state index in [2.05, 4.69) is 10.2 Å². The van der Waals surface area contributed by atoms with E-state index in [4.69, 9.17) is 9.47 Å². The third-order valence-corrected chi connectivity index (χ3v) is 9.66. The third-order valence-electron chi connectivity index (χ3n) is 8.56. The van der Waals surface area contributed by atoms with Gasteiger partial charge in [0, 0.05) is 38.6 Å². The number of fused-ring (bicyclic) bond motifs is 3. The Morgan fingerprint density at radius 1 is 0.889 bits per heavy atom. The van der Waals surface area contributed by atoms with E-state index in [1.807, 2.05) is 69.3 Å². The summed E-state index contributed by atoms with van der Waals surface area (Å²) in [5, 5.41) is 2.73. The van der Waals surface area contributed by atoms with Gasteiger partial charge in [0.05, 0.1) is 5.69 Å². The van der Waals surface area contributed by atoms with E-state index < -0.39 is 26.8 Å². The van der Waals surface area contributed by atoms with Crippen molar-refractivity contribution in [3.05, 3.63) is 81.9 Å². The number of carbonyl (C=O) groups excluding carboxylic acids is 2. The maximum Gasteiger partial charge on any atom is 0.411 e. The molecule has 9 nitrogen and oxygen atoms in total. The lowest BCUT2D eigenvalue weighted by Gasteiger charge is -2.36. The van der Waals surface area contributed by atoms with Crippen LogP contribution in [-0.2, 0) is 26.2 Å². The topological polar surface area (TPSA) is 105 Å². The average molecular weight is 638 g/mol. The van der Waals surface area contributed by atoms with Crippen LogP contribution in [0.1, 0.15) is 60.1 Å². The second-order valence-corrected chi connectivity index (χ2v) is 14.0. The monoisotopic (exact) mass is 637 g/mol. The van der Waals surface area contributed by atoms with E-state index in [0.29, 0.717) is 49.4 Å². The number of hydrogen-bond donors (Lipinski definition) is 1. The minimum atomic E-state index is -5.11. The van der Waals surface area contributed by atoms with Crippen LogP contribution >= 0.6 is 0 Å². The van der Waals surface area contributed by atoms with Gasteiger partial charge in [-0.25, -0.2) is 9.59 Å². The van der Waals surface area contributed by atoms with Crippen LogP contribution < -0.4 is 5.32 Å². The van der Waals surface area contributed by atoms with Crippen molar-refractivity contribution in [2.75, 3.05) is 38.1 Å². The molecule has 2 amide bonds. The van der Waals surface area contributed by atoms with Crippen molar-refractivity contribution in [1.29, 1.82) is 0 Å². The summed E-state index contributed by atoms with van der Waals surface area (Å²) >= 11 is 0. The van der Waals surface area contributed by atoms with Crippen LogP contribution in [0, 0.1) is 20.8 Å². The highest BCUT2D eigenvalue weighted by Gasteiger charge is 2.32. The van der Waals surface area contributed by atoms with Gasteiger partial charge in [-0.2, -0.15) is 8.42 Å². The number of rotatable bonds is 6. The van der Waals surface area contributed by atoms with Crippen LogP contribution in [0.4, 0.5) is 19.2 Å². The molecule has 3 aromatic carbocycles. The number of nitrogens with one attached hydrogen (secondary N) is 1. The Hall–Kier alpha value is -3.96. The molecular formula is C34H40FN3O6S. The summed E-state index contributed by atoms with van der Waals surface area (Å²) in [5.74, 6) is -0.153. The smallest absolute Gasteiger partial charge is 0.411 e. The molecule has 1 aliphatic heterocycles. The summed E-state index contributed by atoms with van der Waals surface area (Å²) < 4.78 is 50.6. The molecule has 240 valence electrons. The van der Waals surface area contributed by atoms with Crippen LogP contribution in [0.15, 0.2) is 53.4 Å². The Balaban J connectivity index is 1.34. The largest absolute Gasteiger partial charge is 0.448 e. The maximum atomic E-state index is 14.7. The molecular weight excluding hydrogens is 597 g/mol. The summed E-state index contributed by atoms with van der Waals surface area (Å²) in [4.78, 5) is 29.0. The molecule has 1 aliphatic carbocycles. The Kier molecular flexibility index (Phi) is 8.97. The van der Waals surface area contributed by atoms with Gasteiger partial charge in [0.15, 0.2) is 0 Å². The summed E-state index contributed by atoms with van der Waals surface area (Å²) in [6.07, 6.45) is -1.14. The molecule has 1 N–H and O–H groups in total. The van der Waals surface area contributed by atoms with Gasteiger partial charge >= 0.3 is 22.4 Å². The lowest BCUT2D eigenvalue weighted by Crippen LogP contribution is -2.49. The molecule has 45 heavy (non-hydrogen) atoms. The number of halogens is 1. The SMILES string of the molecule is Cc1c(CN2CCN(C(=O)OC(C)(C)C)CC2)c(C)c(S(=O)(=O)F)c(C)c1NC(=O)OCC1c2ccccc2-c2ccccc21. The molecule has 0 aromatic heterocycles. The first-order chi connectivity index (χ1) is 21.2. The van der Waals surface area contributed by atoms with Gasteiger partial charge in [0.25, 0.3) is 0 Å². The number of nitrogens with zero attached hydrogens (tertiary/aromatic N) is 2. The highest BCUT2D eigenvalue weighted by Crippen LogP contribution is 2.44. The molecule has 1 heterocycles. The van der Waals surface area contributed by atoms with Gasteiger partial charge < -0.3 is 14.4 Å². The number of benzene rings is 3. The highest BCUT2D eigenvalue weighted by molar-refractivity contribution is 7.86. The summed E-state index contributed by atoms with van der Waals surface area (Å²) in [6.45, 7) is 12.5. The van der Waals surface area contributed by atoms with Crippen molar-refractivity contribution >= 4 is 28.1 Å². The first-order valence-corrected chi connectivity index (χ1v) is 16.4. The Bertz CT molecular complexity index is 1700. The van der Waals surface area contributed by atoms with Gasteiger partial charge in [-0.15, -0.1) is 3.89 Å². The number of carbonyl (C=O) groups is 2. The van der Waals surface area contributed by atoms with E-state index in [-0.39, 0.29) is 29.9 Å². The zero-order valence-corrected chi connectivity index (χ0v) is 27.4. The molecule has 2 aliphatic rings. The van der Waals surface area contributed by atoms with E-state index in [9.17, 15) is 21.9 Å². The lowest BCUT2D eigenvalue weighted by molar-refractivity contribution is 0.0138. The number of piperazine rings is 1. The van der Waals surface area contributed by atoms with Crippen molar-refractivity contribution in [2.45, 2.75) is 64.5 Å². The predicted octanol–water partition coefficient (Wildman–Crippen LogP) is 6.68. The third kappa shape index (κ3) is 6.84. The zero-order chi connectivity index (χ0) is 32.7. The molecule has 0 atom stereocenters. The standard InChI is InChI=1S/C34H40FN3O6S/c1-21-28(19-37-15-17-38(18-16-37)33(40)44-34(4,5)6)22(2)31(45(35,41)42)23(3)30(21)36-32(39)43-20-29-26-13-9-7-11-24(26)25-12-8-10-14-27(25)29/h7-14,29H,15-20H2,1-6H3,(H,36,39). The van der Waals surface area contributed by atoms with Crippen LogP contribution in [0.3, 0.4) is 0 Å². The molecule has 0 unspecified atom stereocenters. The molecule has 5 rings (SSSR count). The molecule has 1 fully saturated rings. The molecule has 0 bridgehead atoms.